The Hall–Kier alpha value is -4.91. The van der Waals surface area contributed by atoms with Gasteiger partial charge in [-0.2, -0.15) is 0 Å². The minimum Gasteiger partial charge on any atom is -0.492 e. The maximum Gasteiger partial charge on any atom is 0.326 e. The van der Waals surface area contributed by atoms with Crippen LogP contribution in [0, 0.1) is 12.8 Å². The van der Waals surface area contributed by atoms with Gasteiger partial charge in [-0.15, -0.1) is 0 Å². The molecule has 1 aliphatic rings. The van der Waals surface area contributed by atoms with Crippen LogP contribution in [0.3, 0.4) is 0 Å². The fourth-order valence-electron chi connectivity index (χ4n) is 5.19. The monoisotopic (exact) mass is 576 g/mol. The van der Waals surface area contributed by atoms with E-state index in [1.165, 1.54) is 0 Å². The highest BCUT2D eigenvalue weighted by atomic mass is 16.5. The molecule has 0 spiro atoms. The number of hydrogen-bond acceptors (Lipinski definition) is 5. The summed E-state index contributed by atoms with van der Waals surface area (Å²) in [5.41, 5.74) is 4.21. The van der Waals surface area contributed by atoms with Gasteiger partial charge in [0, 0.05) is 34.8 Å². The number of nitrogens with one attached hydrogen (secondary N) is 1. The van der Waals surface area contributed by atoms with Gasteiger partial charge in [-0.3, -0.25) is 9.59 Å². The number of ketones is 1. The lowest BCUT2D eigenvalue weighted by Gasteiger charge is -2.32. The van der Waals surface area contributed by atoms with Crippen LogP contribution in [0.4, 0.5) is 11.4 Å². The third kappa shape index (κ3) is 7.49. The molecule has 1 aliphatic carbocycles. The van der Waals surface area contributed by atoms with Crippen molar-refractivity contribution in [2.75, 3.05) is 23.4 Å². The molecule has 7 nitrogen and oxygen atoms in total. The van der Waals surface area contributed by atoms with Gasteiger partial charge in [-0.05, 0) is 67.3 Å². The van der Waals surface area contributed by atoms with Crippen molar-refractivity contribution in [3.63, 3.8) is 0 Å². The summed E-state index contributed by atoms with van der Waals surface area (Å²) in [7, 11) is 0. The third-order valence-electron chi connectivity index (χ3n) is 7.82. The van der Waals surface area contributed by atoms with Crippen molar-refractivity contribution < 1.29 is 24.2 Å². The summed E-state index contributed by atoms with van der Waals surface area (Å²) in [6.07, 6.45) is 3.17. The minimum absolute atomic E-state index is 0.0824. The number of carbonyl (C=O) groups excluding carboxylic acids is 2. The summed E-state index contributed by atoms with van der Waals surface area (Å²) in [4.78, 5) is 40.3. The highest BCUT2D eigenvalue weighted by molar-refractivity contribution is 6.12. The Morgan fingerprint density at radius 2 is 1.63 bits per heavy atom. The average molecular weight is 577 g/mol. The fourth-order valence-corrected chi connectivity index (χ4v) is 5.19. The van der Waals surface area contributed by atoms with Crippen LogP contribution in [0.25, 0.3) is 0 Å². The maximum atomic E-state index is 13.1. The number of carboxylic acid groups (broad SMARTS) is 1. The van der Waals surface area contributed by atoms with Crippen molar-refractivity contribution in [3.05, 3.63) is 125 Å². The Labute approximate surface area is 252 Å². The van der Waals surface area contributed by atoms with Crippen molar-refractivity contribution in [1.29, 1.82) is 0 Å². The van der Waals surface area contributed by atoms with Gasteiger partial charge in [0.05, 0.1) is 6.54 Å². The van der Waals surface area contributed by atoms with E-state index in [1.54, 1.807) is 48.5 Å². The molecule has 2 N–H and O–H groups in total. The number of amides is 1. The number of hydrogen-bond donors (Lipinski definition) is 2. The largest absolute Gasteiger partial charge is 0.492 e. The zero-order valence-corrected chi connectivity index (χ0v) is 24.2. The van der Waals surface area contributed by atoms with Gasteiger partial charge in [0.1, 0.15) is 18.4 Å². The van der Waals surface area contributed by atoms with E-state index in [9.17, 15) is 19.5 Å². The molecule has 0 heterocycles. The first kappa shape index (κ1) is 29.6. The number of rotatable bonds is 13. The zero-order chi connectivity index (χ0) is 30.2. The van der Waals surface area contributed by atoms with E-state index in [2.05, 4.69) is 5.32 Å². The molecular weight excluding hydrogens is 540 g/mol. The summed E-state index contributed by atoms with van der Waals surface area (Å²) in [5.74, 6) is -0.323. The molecule has 5 rings (SSSR count). The SMILES string of the molecule is Cc1cccc(N(CCOc2ccc(C[C@H](Nc3ccccc3C(=O)c3ccccc3)C(=O)O)cc2)C(=O)C2CCC2)c1. The molecule has 1 saturated carbocycles. The topological polar surface area (TPSA) is 95.9 Å². The van der Waals surface area contributed by atoms with Crippen LogP contribution < -0.4 is 15.0 Å². The Morgan fingerprint density at radius 1 is 0.907 bits per heavy atom. The normalized spacial score (nSPS) is 13.4. The van der Waals surface area contributed by atoms with Crippen molar-refractivity contribution in [3.8, 4) is 5.75 Å². The molecule has 4 aromatic rings. The smallest absolute Gasteiger partial charge is 0.326 e. The molecule has 0 aliphatic heterocycles. The highest BCUT2D eigenvalue weighted by Gasteiger charge is 2.30. The lowest BCUT2D eigenvalue weighted by atomic mass is 9.84. The quantitative estimate of drug-likeness (QED) is 0.175. The van der Waals surface area contributed by atoms with Gasteiger partial charge in [0.15, 0.2) is 5.78 Å². The van der Waals surface area contributed by atoms with Gasteiger partial charge in [-0.25, -0.2) is 4.79 Å². The summed E-state index contributed by atoms with van der Waals surface area (Å²) in [6, 6.07) is 30.2. The number of aliphatic carboxylic acids is 1. The van der Waals surface area contributed by atoms with E-state index < -0.39 is 12.0 Å². The molecule has 0 aromatic heterocycles. The van der Waals surface area contributed by atoms with E-state index in [0.29, 0.717) is 35.7 Å². The maximum absolute atomic E-state index is 13.1. The van der Waals surface area contributed by atoms with Crippen molar-refractivity contribution in [2.24, 2.45) is 5.92 Å². The molecule has 220 valence electrons. The van der Waals surface area contributed by atoms with Crippen LogP contribution in [0.2, 0.25) is 0 Å². The van der Waals surface area contributed by atoms with Crippen molar-refractivity contribution in [1.82, 2.24) is 0 Å². The van der Waals surface area contributed by atoms with Gasteiger partial charge >= 0.3 is 5.97 Å². The number of para-hydroxylation sites is 1. The number of nitrogens with zero attached hydrogens (tertiary/aromatic N) is 1. The van der Waals surface area contributed by atoms with Crippen LogP contribution in [-0.2, 0) is 16.0 Å². The predicted octanol–water partition coefficient (Wildman–Crippen LogP) is 6.55. The predicted molar refractivity (Wildman–Crippen MR) is 168 cm³/mol. The summed E-state index contributed by atoms with van der Waals surface area (Å²) in [5, 5.41) is 13.0. The standard InChI is InChI=1S/C36H36N2O5/c1-25-9-7-14-29(23-25)38(35(40)28-12-8-13-28)21-22-43-30-19-17-26(18-20-30)24-33(36(41)42)37-32-16-6-5-15-31(32)34(39)27-10-3-2-4-11-27/h2-7,9-11,14-20,23,28,33,37H,8,12-13,21-22,24H2,1H3,(H,41,42)/t33-/m0/s1. The van der Waals surface area contributed by atoms with Crippen LogP contribution >= 0.6 is 0 Å². The van der Waals surface area contributed by atoms with Gasteiger partial charge in [-0.1, -0.05) is 73.2 Å². The van der Waals surface area contributed by atoms with E-state index in [4.69, 9.17) is 4.74 Å². The Kier molecular flexibility index (Phi) is 9.52. The molecule has 0 radical (unpaired) electrons. The number of carboxylic acids is 1. The first-order valence-corrected chi connectivity index (χ1v) is 14.7. The molecular formula is C36H36N2O5. The highest BCUT2D eigenvalue weighted by Crippen LogP contribution is 2.30. The Bertz CT molecular complexity index is 1560. The molecule has 0 saturated heterocycles. The average Bonchev–Trinajstić information content (AvgIpc) is 2.99. The Balaban J connectivity index is 1.21. The first-order chi connectivity index (χ1) is 20.9. The fraction of sp³-hybridized carbons (Fsp3) is 0.250. The molecule has 0 bridgehead atoms. The van der Waals surface area contributed by atoms with Crippen LogP contribution in [-0.4, -0.2) is 42.0 Å². The van der Waals surface area contributed by atoms with E-state index >= 15 is 0 Å². The van der Waals surface area contributed by atoms with E-state index in [1.807, 2.05) is 66.4 Å². The number of carbonyl (C=O) groups is 3. The molecule has 43 heavy (non-hydrogen) atoms. The number of anilines is 2. The second-order valence-corrected chi connectivity index (χ2v) is 10.9. The van der Waals surface area contributed by atoms with Crippen molar-refractivity contribution in [2.45, 2.75) is 38.6 Å². The van der Waals surface area contributed by atoms with Gasteiger partial charge in [0.2, 0.25) is 5.91 Å². The molecule has 1 atom stereocenters. The summed E-state index contributed by atoms with van der Waals surface area (Å²) >= 11 is 0. The Morgan fingerprint density at radius 3 is 2.30 bits per heavy atom. The first-order valence-electron chi connectivity index (χ1n) is 14.7. The molecule has 4 aromatic carbocycles. The van der Waals surface area contributed by atoms with Crippen LogP contribution in [0.1, 0.15) is 46.3 Å². The lowest BCUT2D eigenvalue weighted by Crippen LogP contribution is -2.41. The van der Waals surface area contributed by atoms with Gasteiger partial charge < -0.3 is 20.1 Å². The van der Waals surface area contributed by atoms with Gasteiger partial charge in [0.25, 0.3) is 0 Å². The molecule has 0 unspecified atom stereocenters. The van der Waals surface area contributed by atoms with Crippen LogP contribution in [0.15, 0.2) is 103 Å². The second-order valence-electron chi connectivity index (χ2n) is 10.9. The second kappa shape index (κ2) is 13.8. The van der Waals surface area contributed by atoms with E-state index in [-0.39, 0.29) is 24.0 Å². The van der Waals surface area contributed by atoms with Crippen LogP contribution in [0.5, 0.6) is 5.75 Å². The number of benzene rings is 4. The van der Waals surface area contributed by atoms with E-state index in [0.717, 1.165) is 36.1 Å². The molecule has 1 amide bonds. The summed E-state index contributed by atoms with van der Waals surface area (Å²) in [6.45, 7) is 2.78. The number of ether oxygens (including phenoxy) is 1. The number of aryl methyl sites for hydroxylation is 1. The lowest BCUT2D eigenvalue weighted by molar-refractivity contribution is -0.137. The third-order valence-corrected chi connectivity index (χ3v) is 7.82. The molecule has 1 fully saturated rings. The van der Waals surface area contributed by atoms with Crippen molar-refractivity contribution >= 4 is 29.0 Å². The molecule has 7 heteroatoms. The summed E-state index contributed by atoms with van der Waals surface area (Å²) < 4.78 is 5.99. The zero-order valence-electron chi connectivity index (χ0n) is 24.2. The minimum atomic E-state index is -1.02.